The Morgan fingerprint density at radius 3 is 2.37 bits per heavy atom. The summed E-state index contributed by atoms with van der Waals surface area (Å²) in [5.74, 6) is 0. The van der Waals surface area contributed by atoms with E-state index in [0.29, 0.717) is 6.54 Å². The molecule has 0 bridgehead atoms. The van der Waals surface area contributed by atoms with Crippen LogP contribution in [0.25, 0.3) is 0 Å². The summed E-state index contributed by atoms with van der Waals surface area (Å²) in [6.07, 6.45) is 10.5. The maximum atomic E-state index is 11.6. The molecule has 2 aliphatic rings. The normalized spacial score (nSPS) is 23.8. The molecule has 0 spiro atoms. The number of nitrogens with one attached hydrogen (secondary N) is 2. The molecule has 5 heteroatoms. The third kappa shape index (κ3) is 4.99. The Labute approximate surface area is 115 Å². The number of hydrogen-bond acceptors (Lipinski definition) is 3. The lowest BCUT2D eigenvalue weighted by Crippen LogP contribution is -2.46. The van der Waals surface area contributed by atoms with Crippen molar-refractivity contribution >= 4 is 6.03 Å². The number of urea groups is 1. The molecule has 2 aliphatic carbocycles. The van der Waals surface area contributed by atoms with E-state index >= 15 is 0 Å². The van der Waals surface area contributed by atoms with E-state index in [4.69, 9.17) is 4.84 Å². The first kappa shape index (κ1) is 14.6. The quantitative estimate of drug-likeness (QED) is 0.542. The van der Waals surface area contributed by atoms with Gasteiger partial charge < -0.3 is 10.4 Å². The van der Waals surface area contributed by atoms with Crippen molar-refractivity contribution in [3.63, 3.8) is 0 Å². The lowest BCUT2D eigenvalue weighted by molar-refractivity contribution is -0.00480. The van der Waals surface area contributed by atoms with E-state index in [1.807, 2.05) is 0 Å². The van der Waals surface area contributed by atoms with Gasteiger partial charge >= 0.3 is 6.03 Å². The maximum Gasteiger partial charge on any atom is 0.338 e. The van der Waals surface area contributed by atoms with Crippen LogP contribution in [-0.4, -0.2) is 29.4 Å². The zero-order chi connectivity index (χ0) is 13.6. The number of aliphatic hydroxyl groups is 1. The Hall–Kier alpha value is -0.810. The van der Waals surface area contributed by atoms with E-state index in [2.05, 4.69) is 10.8 Å². The van der Waals surface area contributed by atoms with Crippen LogP contribution in [0.2, 0.25) is 0 Å². The van der Waals surface area contributed by atoms with Crippen LogP contribution in [0, 0.1) is 0 Å². The Morgan fingerprint density at radius 2 is 1.74 bits per heavy atom. The molecule has 0 unspecified atom stereocenters. The molecule has 3 N–H and O–H groups in total. The van der Waals surface area contributed by atoms with E-state index in [0.717, 1.165) is 38.5 Å². The molecule has 5 nitrogen and oxygen atoms in total. The van der Waals surface area contributed by atoms with Crippen molar-refractivity contribution in [3.05, 3.63) is 0 Å². The summed E-state index contributed by atoms with van der Waals surface area (Å²) in [7, 11) is 0. The molecule has 0 aliphatic heterocycles. The van der Waals surface area contributed by atoms with Crippen LogP contribution in [-0.2, 0) is 4.84 Å². The summed E-state index contributed by atoms with van der Waals surface area (Å²) in [5.41, 5.74) is 1.70. The summed E-state index contributed by atoms with van der Waals surface area (Å²) in [4.78, 5) is 16.9. The van der Waals surface area contributed by atoms with E-state index in [-0.39, 0.29) is 12.1 Å². The molecule has 2 amide bonds. The third-order valence-corrected chi connectivity index (χ3v) is 4.23. The van der Waals surface area contributed by atoms with Gasteiger partial charge in [-0.25, -0.2) is 10.3 Å². The first-order valence-electron chi connectivity index (χ1n) is 7.60. The van der Waals surface area contributed by atoms with Crippen molar-refractivity contribution in [2.75, 3.05) is 6.54 Å². The molecule has 0 radical (unpaired) electrons. The molecule has 0 saturated heterocycles. The van der Waals surface area contributed by atoms with Crippen molar-refractivity contribution in [1.29, 1.82) is 0 Å². The summed E-state index contributed by atoms with van der Waals surface area (Å²) in [5, 5.41) is 13.1. The first-order valence-corrected chi connectivity index (χ1v) is 7.60. The number of hydrogen-bond donors (Lipinski definition) is 3. The minimum Gasteiger partial charge on any atom is -0.388 e. The average molecular weight is 270 g/mol. The summed E-state index contributed by atoms with van der Waals surface area (Å²) in [6.45, 7) is 0.312. The molecule has 2 rings (SSSR count). The molecule has 0 aromatic rings. The zero-order valence-electron chi connectivity index (χ0n) is 11.6. The van der Waals surface area contributed by atoms with E-state index in [1.165, 1.54) is 25.7 Å². The fraction of sp³-hybridized carbons (Fsp3) is 0.929. The Bertz CT molecular complexity index is 282. The second kappa shape index (κ2) is 7.10. The van der Waals surface area contributed by atoms with Crippen molar-refractivity contribution in [2.45, 2.75) is 75.9 Å². The average Bonchev–Trinajstić information content (AvgIpc) is 2.83. The molecule has 0 heterocycles. The van der Waals surface area contributed by atoms with Gasteiger partial charge in [0, 0.05) is 6.54 Å². The Balaban J connectivity index is 1.64. The van der Waals surface area contributed by atoms with E-state index in [9.17, 15) is 9.90 Å². The van der Waals surface area contributed by atoms with Gasteiger partial charge in [0.2, 0.25) is 0 Å². The van der Waals surface area contributed by atoms with Crippen LogP contribution in [0.1, 0.15) is 64.2 Å². The molecular formula is C14H26N2O3. The fourth-order valence-corrected chi connectivity index (χ4v) is 2.99. The minimum absolute atomic E-state index is 0.159. The Kier molecular flexibility index (Phi) is 5.45. The summed E-state index contributed by atoms with van der Waals surface area (Å²) in [6, 6.07) is -0.343. The van der Waals surface area contributed by atoms with Crippen LogP contribution in [0.4, 0.5) is 4.79 Å². The lowest BCUT2D eigenvalue weighted by atomic mass is 9.95. The number of rotatable bonds is 4. The predicted octanol–water partition coefficient (Wildman–Crippen LogP) is 2.25. The monoisotopic (exact) mass is 270 g/mol. The Morgan fingerprint density at radius 1 is 1.11 bits per heavy atom. The second-order valence-electron chi connectivity index (χ2n) is 5.95. The van der Waals surface area contributed by atoms with Crippen LogP contribution in [0.3, 0.4) is 0 Å². The number of carbonyl (C=O) groups excluding carboxylic acids is 1. The van der Waals surface area contributed by atoms with Gasteiger partial charge in [-0.15, -0.1) is 0 Å². The minimum atomic E-state index is -0.735. The van der Waals surface area contributed by atoms with Gasteiger partial charge in [0.1, 0.15) is 0 Å². The first-order chi connectivity index (χ1) is 9.18. The van der Waals surface area contributed by atoms with Crippen molar-refractivity contribution in [1.82, 2.24) is 10.8 Å². The van der Waals surface area contributed by atoms with Gasteiger partial charge in [-0.3, -0.25) is 4.84 Å². The molecule has 110 valence electrons. The molecule has 2 fully saturated rings. The predicted molar refractivity (Wildman–Crippen MR) is 72.5 cm³/mol. The molecule has 0 aromatic carbocycles. The second-order valence-corrected chi connectivity index (χ2v) is 5.95. The van der Waals surface area contributed by atoms with Crippen LogP contribution >= 0.6 is 0 Å². The van der Waals surface area contributed by atoms with Gasteiger partial charge in [-0.2, -0.15) is 0 Å². The maximum absolute atomic E-state index is 11.6. The molecular weight excluding hydrogens is 244 g/mol. The summed E-state index contributed by atoms with van der Waals surface area (Å²) >= 11 is 0. The molecule has 0 aromatic heterocycles. The van der Waals surface area contributed by atoms with Gasteiger partial charge in [-0.1, -0.05) is 38.5 Å². The van der Waals surface area contributed by atoms with Crippen LogP contribution < -0.4 is 10.8 Å². The molecule has 2 saturated carbocycles. The van der Waals surface area contributed by atoms with Gasteiger partial charge in [0.25, 0.3) is 0 Å². The van der Waals surface area contributed by atoms with E-state index < -0.39 is 5.60 Å². The zero-order valence-corrected chi connectivity index (χ0v) is 11.6. The van der Waals surface area contributed by atoms with Gasteiger partial charge in [0.05, 0.1) is 11.7 Å². The SMILES string of the molecule is O=C(NCC1(O)CCCCCC1)NOC1CCCC1. The summed E-state index contributed by atoms with van der Waals surface area (Å²) < 4.78 is 0. The van der Waals surface area contributed by atoms with Crippen molar-refractivity contribution < 1.29 is 14.7 Å². The van der Waals surface area contributed by atoms with E-state index in [1.54, 1.807) is 0 Å². The third-order valence-electron chi connectivity index (χ3n) is 4.23. The highest BCUT2D eigenvalue weighted by Crippen LogP contribution is 2.26. The molecule has 19 heavy (non-hydrogen) atoms. The standard InChI is InChI=1S/C14H26N2O3/c17-13(16-19-12-7-3-4-8-12)15-11-14(18)9-5-1-2-6-10-14/h12,18H,1-11H2,(H2,15,16,17). The molecule has 0 atom stereocenters. The fourth-order valence-electron chi connectivity index (χ4n) is 2.99. The van der Waals surface area contributed by atoms with Crippen molar-refractivity contribution in [2.24, 2.45) is 0 Å². The van der Waals surface area contributed by atoms with Crippen LogP contribution in [0.15, 0.2) is 0 Å². The van der Waals surface area contributed by atoms with Gasteiger partial charge in [-0.05, 0) is 25.7 Å². The largest absolute Gasteiger partial charge is 0.388 e. The highest BCUT2D eigenvalue weighted by Gasteiger charge is 2.28. The topological polar surface area (TPSA) is 70.6 Å². The number of carbonyl (C=O) groups is 1. The number of amides is 2. The van der Waals surface area contributed by atoms with Crippen LogP contribution in [0.5, 0.6) is 0 Å². The van der Waals surface area contributed by atoms with Gasteiger partial charge in [0.15, 0.2) is 0 Å². The highest BCUT2D eigenvalue weighted by atomic mass is 16.7. The number of hydroxylamine groups is 1. The van der Waals surface area contributed by atoms with Crippen molar-refractivity contribution in [3.8, 4) is 0 Å². The smallest absolute Gasteiger partial charge is 0.338 e. The highest BCUT2D eigenvalue weighted by molar-refractivity contribution is 5.72. The lowest BCUT2D eigenvalue weighted by Gasteiger charge is -2.26.